The molecule has 2 unspecified atom stereocenters. The van der Waals surface area contributed by atoms with Gasteiger partial charge in [-0.05, 0) is 115 Å². The summed E-state index contributed by atoms with van der Waals surface area (Å²) in [5.74, 6) is 0.869. The fraction of sp³-hybridized carbons (Fsp3) is 0.526. The van der Waals surface area contributed by atoms with E-state index in [2.05, 4.69) is 90.5 Å². The Morgan fingerprint density at radius 3 is 1.45 bits per heavy atom. The summed E-state index contributed by atoms with van der Waals surface area (Å²) in [6.45, 7) is 20.7. The van der Waals surface area contributed by atoms with Crippen molar-refractivity contribution >= 4 is 33.2 Å². The molecule has 0 amide bonds. The molecule has 0 aromatic carbocycles. The zero-order valence-corrected chi connectivity index (χ0v) is 27.6. The van der Waals surface area contributed by atoms with Crippen molar-refractivity contribution in [3.05, 3.63) is 68.8 Å². The van der Waals surface area contributed by atoms with E-state index in [4.69, 9.17) is 9.97 Å². The van der Waals surface area contributed by atoms with Crippen molar-refractivity contribution in [1.29, 1.82) is 0 Å². The van der Waals surface area contributed by atoms with Gasteiger partial charge in [0.2, 0.25) is 0 Å². The summed E-state index contributed by atoms with van der Waals surface area (Å²) in [4.78, 5) is 18.7. The van der Waals surface area contributed by atoms with Gasteiger partial charge < -0.3 is 9.97 Å². The van der Waals surface area contributed by atoms with Gasteiger partial charge in [0.1, 0.15) is 0 Å². The largest absolute Gasteiger partial charge is 0.355 e. The van der Waals surface area contributed by atoms with Gasteiger partial charge in [-0.25, -0.2) is 4.98 Å². The third-order valence-electron chi connectivity index (χ3n) is 10.0. The van der Waals surface area contributed by atoms with Gasteiger partial charge in [-0.15, -0.1) is 0 Å². The summed E-state index contributed by atoms with van der Waals surface area (Å²) in [5, 5.41) is 0. The number of H-pyrrole nitrogens is 2. The molecular formula is C38H52N4. The minimum absolute atomic E-state index is 0.433. The van der Waals surface area contributed by atoms with Gasteiger partial charge in [-0.3, -0.25) is 4.98 Å². The van der Waals surface area contributed by atoms with E-state index in [0.717, 1.165) is 69.2 Å². The fourth-order valence-electron chi connectivity index (χ4n) is 8.06. The topological polar surface area (TPSA) is 57.4 Å². The van der Waals surface area contributed by atoms with Gasteiger partial charge in [0.25, 0.3) is 0 Å². The number of nitrogens with one attached hydrogen (secondary N) is 2. The van der Waals surface area contributed by atoms with Crippen molar-refractivity contribution in [3.8, 4) is 0 Å². The van der Waals surface area contributed by atoms with Crippen LogP contribution in [-0.4, -0.2) is 19.9 Å². The Hall–Kier alpha value is -3.14. The zero-order valence-electron chi connectivity index (χ0n) is 27.6. The fourth-order valence-corrected chi connectivity index (χ4v) is 8.06. The molecule has 2 aliphatic heterocycles. The molecule has 5 rings (SSSR count). The van der Waals surface area contributed by atoms with E-state index in [-0.39, 0.29) is 0 Å². The Morgan fingerprint density at radius 1 is 0.500 bits per heavy atom. The van der Waals surface area contributed by atoms with Crippen LogP contribution in [0, 0.1) is 0 Å². The predicted molar refractivity (Wildman–Crippen MR) is 181 cm³/mol. The Labute approximate surface area is 253 Å². The van der Waals surface area contributed by atoms with Crippen molar-refractivity contribution < 1.29 is 0 Å². The van der Waals surface area contributed by atoms with Gasteiger partial charge in [0.15, 0.2) is 0 Å². The van der Waals surface area contributed by atoms with Crippen LogP contribution in [0.15, 0.2) is 18.2 Å². The molecule has 0 aliphatic carbocycles. The van der Waals surface area contributed by atoms with E-state index >= 15 is 0 Å². The summed E-state index contributed by atoms with van der Waals surface area (Å²) in [6, 6.07) is 7.08. The van der Waals surface area contributed by atoms with E-state index < -0.39 is 0 Å². The molecule has 3 aromatic rings. The maximum absolute atomic E-state index is 5.54. The van der Waals surface area contributed by atoms with Crippen molar-refractivity contribution in [1.82, 2.24) is 19.9 Å². The molecule has 4 nitrogen and oxygen atoms in total. The number of aromatic amines is 2. The lowest BCUT2D eigenvalue weighted by molar-refractivity contribution is 0.530. The summed E-state index contributed by atoms with van der Waals surface area (Å²) in [6.07, 6.45) is 9.14. The number of hydrogen-bond donors (Lipinski definition) is 2. The van der Waals surface area contributed by atoms with Gasteiger partial charge in [-0.1, -0.05) is 62.3 Å². The first-order valence-electron chi connectivity index (χ1n) is 16.9. The van der Waals surface area contributed by atoms with Gasteiger partial charge >= 0.3 is 0 Å². The minimum Gasteiger partial charge on any atom is -0.355 e. The molecule has 0 spiro atoms. The number of allylic oxidation sites excluding steroid dienone is 2. The maximum atomic E-state index is 5.54. The van der Waals surface area contributed by atoms with Crippen LogP contribution in [0.3, 0.4) is 0 Å². The molecule has 2 aliphatic rings. The van der Waals surface area contributed by atoms with Crippen LogP contribution in [-0.2, 0) is 32.1 Å². The second-order valence-corrected chi connectivity index (χ2v) is 12.0. The molecule has 8 bridgehead atoms. The summed E-state index contributed by atoms with van der Waals surface area (Å²) in [5.41, 5.74) is 19.6. The Kier molecular flexibility index (Phi) is 9.11. The summed E-state index contributed by atoms with van der Waals surface area (Å²) >= 11 is 0. The normalized spacial score (nSPS) is 17.0. The molecule has 0 saturated carbocycles. The highest BCUT2D eigenvalue weighted by Crippen LogP contribution is 2.44. The molecule has 0 fully saturated rings. The van der Waals surface area contributed by atoms with Crippen LogP contribution < -0.4 is 0 Å². The predicted octanol–water partition coefficient (Wildman–Crippen LogP) is 10.5. The van der Waals surface area contributed by atoms with Crippen molar-refractivity contribution in [2.45, 2.75) is 132 Å². The molecule has 3 aromatic heterocycles. The molecule has 4 heteroatoms. The molecule has 2 atom stereocenters. The molecule has 0 radical (unpaired) electrons. The first-order valence-corrected chi connectivity index (χ1v) is 16.9. The highest BCUT2D eigenvalue weighted by atomic mass is 14.8. The van der Waals surface area contributed by atoms with Crippen molar-refractivity contribution in [2.75, 3.05) is 0 Å². The third-order valence-corrected chi connectivity index (χ3v) is 10.0. The van der Waals surface area contributed by atoms with Crippen LogP contribution in [0.2, 0.25) is 0 Å². The highest BCUT2D eigenvalue weighted by molar-refractivity contribution is 5.93. The van der Waals surface area contributed by atoms with E-state index in [1.807, 2.05) is 0 Å². The van der Waals surface area contributed by atoms with Crippen LogP contribution in [0.5, 0.6) is 0 Å². The lowest BCUT2D eigenvalue weighted by Crippen LogP contribution is -2.06. The lowest BCUT2D eigenvalue weighted by atomic mass is 9.83. The average Bonchev–Trinajstić information content (AvgIpc) is 3.72. The third kappa shape index (κ3) is 4.85. The van der Waals surface area contributed by atoms with Crippen LogP contribution in [0.1, 0.15) is 150 Å². The molecular weight excluding hydrogens is 512 g/mol. The number of aromatic nitrogens is 4. The first kappa shape index (κ1) is 30.3. The average molecular weight is 565 g/mol. The SMILES string of the molecule is CCC1=C(CC)c2cc3[nH]c(c(CC)c4nc(cc5[nH]c(cc1n2)c(CC)c5CC)C(CC)C4CC)c(CC)c3CC. The quantitative estimate of drug-likeness (QED) is 0.271. The van der Waals surface area contributed by atoms with Crippen LogP contribution in [0.25, 0.3) is 33.2 Å². The van der Waals surface area contributed by atoms with E-state index in [0.29, 0.717) is 11.8 Å². The monoisotopic (exact) mass is 564 g/mol. The number of fused-ring (bicyclic) bond motifs is 8. The van der Waals surface area contributed by atoms with Crippen molar-refractivity contribution in [3.63, 3.8) is 0 Å². The maximum Gasteiger partial charge on any atom is 0.0693 e. The van der Waals surface area contributed by atoms with E-state index in [1.54, 1.807) is 0 Å². The van der Waals surface area contributed by atoms with Gasteiger partial charge in [-0.2, -0.15) is 0 Å². The van der Waals surface area contributed by atoms with Gasteiger partial charge in [0, 0.05) is 45.3 Å². The molecule has 0 saturated heterocycles. The number of rotatable bonds is 9. The lowest BCUT2D eigenvalue weighted by Gasteiger charge is -2.18. The Morgan fingerprint density at radius 2 is 0.976 bits per heavy atom. The number of aryl methyl sites for hydroxylation is 5. The molecule has 5 heterocycles. The first-order chi connectivity index (χ1) is 20.4. The van der Waals surface area contributed by atoms with Crippen LogP contribution >= 0.6 is 0 Å². The molecule has 42 heavy (non-hydrogen) atoms. The second-order valence-electron chi connectivity index (χ2n) is 12.0. The standard InChI is InChI=1S/C38H52N4/c1-10-22-24(12-3)33-20-35-26(14-5)28(16-7)37(41-35)30(18-9)38-29(17-8)27(15-6)36(42-38)21-34-25(13-4)23(11-2)32(40-34)19-31(22)39-33/h19-21,26,28,39,42H,10-18H2,1-9H3. The summed E-state index contributed by atoms with van der Waals surface area (Å²) in [7, 11) is 0. The molecule has 224 valence electrons. The smallest absolute Gasteiger partial charge is 0.0693 e. The Balaban J connectivity index is 2.06. The van der Waals surface area contributed by atoms with Gasteiger partial charge in [0.05, 0.1) is 11.4 Å². The van der Waals surface area contributed by atoms with Crippen molar-refractivity contribution in [2.24, 2.45) is 0 Å². The minimum atomic E-state index is 0.433. The zero-order chi connectivity index (χ0) is 30.1. The number of nitrogens with zero attached hydrogens (tertiary/aromatic N) is 2. The highest BCUT2D eigenvalue weighted by Gasteiger charge is 2.32. The van der Waals surface area contributed by atoms with E-state index in [1.165, 1.54) is 72.4 Å². The summed E-state index contributed by atoms with van der Waals surface area (Å²) < 4.78 is 0. The van der Waals surface area contributed by atoms with E-state index in [9.17, 15) is 0 Å². The second kappa shape index (κ2) is 12.6. The van der Waals surface area contributed by atoms with Crippen LogP contribution in [0.4, 0.5) is 0 Å². The number of hydrogen-bond acceptors (Lipinski definition) is 2. The molecule has 2 N–H and O–H groups in total. The Bertz CT molecular complexity index is 1660.